The number of pyridine rings is 1. The van der Waals surface area contributed by atoms with Crippen molar-refractivity contribution >= 4 is 11.6 Å². The van der Waals surface area contributed by atoms with Crippen molar-refractivity contribution in [3.05, 3.63) is 89.6 Å². The van der Waals surface area contributed by atoms with Crippen LogP contribution in [-0.4, -0.2) is 24.5 Å². The van der Waals surface area contributed by atoms with Crippen molar-refractivity contribution in [2.75, 3.05) is 18.6 Å². The first-order chi connectivity index (χ1) is 14.8. The van der Waals surface area contributed by atoms with E-state index in [9.17, 15) is 18.0 Å². The number of rotatable bonds is 7. The Morgan fingerprint density at radius 1 is 1.06 bits per heavy atom. The third kappa shape index (κ3) is 5.40. The quantitative estimate of drug-likeness (QED) is 0.605. The van der Waals surface area contributed by atoms with Crippen LogP contribution in [0.3, 0.4) is 0 Å². The fourth-order valence-corrected chi connectivity index (χ4v) is 3.17. The number of amides is 1. The summed E-state index contributed by atoms with van der Waals surface area (Å²) < 4.78 is 43.7. The zero-order valence-corrected chi connectivity index (χ0v) is 16.8. The number of carbonyl (C=O) groups is 1. The first-order valence-corrected chi connectivity index (χ1v) is 9.58. The summed E-state index contributed by atoms with van der Waals surface area (Å²) >= 11 is 0. The molecule has 0 aliphatic heterocycles. The van der Waals surface area contributed by atoms with Gasteiger partial charge >= 0.3 is 6.18 Å². The van der Waals surface area contributed by atoms with Crippen LogP contribution in [0.25, 0.3) is 0 Å². The van der Waals surface area contributed by atoms with Crippen molar-refractivity contribution in [2.45, 2.75) is 18.6 Å². The van der Waals surface area contributed by atoms with E-state index in [4.69, 9.17) is 10.5 Å². The van der Waals surface area contributed by atoms with Gasteiger partial charge in [0.1, 0.15) is 11.7 Å². The highest BCUT2D eigenvalue weighted by atomic mass is 19.4. The molecule has 0 unspecified atom stereocenters. The summed E-state index contributed by atoms with van der Waals surface area (Å²) in [6, 6.07) is 16.2. The minimum absolute atomic E-state index is 0.187. The molecule has 1 aromatic heterocycles. The number of methoxy groups -OCH3 is 1. The highest BCUT2D eigenvalue weighted by molar-refractivity contribution is 5.98. The topological polar surface area (TPSA) is 68.5 Å². The van der Waals surface area contributed by atoms with Crippen molar-refractivity contribution in [2.24, 2.45) is 5.73 Å². The molecule has 0 saturated heterocycles. The molecule has 1 atom stereocenters. The van der Waals surface area contributed by atoms with E-state index >= 15 is 0 Å². The molecule has 0 bridgehead atoms. The van der Waals surface area contributed by atoms with Crippen LogP contribution >= 0.6 is 0 Å². The van der Waals surface area contributed by atoms with Crippen LogP contribution in [0.1, 0.15) is 22.7 Å². The Balaban J connectivity index is 1.86. The fraction of sp³-hybridized carbons (Fsp3) is 0.217. The molecule has 3 aromatic rings. The van der Waals surface area contributed by atoms with Crippen molar-refractivity contribution in [1.29, 1.82) is 0 Å². The van der Waals surface area contributed by atoms with Gasteiger partial charge in [0.25, 0.3) is 0 Å². The molecule has 3 rings (SSSR count). The summed E-state index contributed by atoms with van der Waals surface area (Å²) in [6.45, 7) is 0.187. The summed E-state index contributed by atoms with van der Waals surface area (Å²) in [5, 5.41) is 0. The van der Waals surface area contributed by atoms with E-state index in [0.29, 0.717) is 23.2 Å². The average Bonchev–Trinajstić information content (AvgIpc) is 2.79. The smallest absolute Gasteiger partial charge is 0.416 e. The van der Waals surface area contributed by atoms with Gasteiger partial charge in [-0.05, 0) is 41.8 Å². The van der Waals surface area contributed by atoms with E-state index in [-0.39, 0.29) is 18.3 Å². The number of hydrogen-bond acceptors (Lipinski definition) is 4. The van der Waals surface area contributed by atoms with E-state index < -0.39 is 17.8 Å². The molecule has 2 aromatic carbocycles. The maximum Gasteiger partial charge on any atom is 0.416 e. The second-order valence-corrected chi connectivity index (χ2v) is 6.85. The number of alkyl halides is 3. The van der Waals surface area contributed by atoms with E-state index in [1.807, 2.05) is 6.07 Å². The third-order valence-corrected chi connectivity index (χ3v) is 4.83. The van der Waals surface area contributed by atoms with Crippen molar-refractivity contribution in [3.63, 3.8) is 0 Å². The van der Waals surface area contributed by atoms with E-state index in [1.54, 1.807) is 36.4 Å². The Morgan fingerprint density at radius 3 is 2.35 bits per heavy atom. The van der Waals surface area contributed by atoms with E-state index in [1.165, 1.54) is 30.3 Å². The molecule has 31 heavy (non-hydrogen) atoms. The summed E-state index contributed by atoms with van der Waals surface area (Å²) in [5.74, 6) is -0.118. The number of hydrogen-bond donors (Lipinski definition) is 1. The van der Waals surface area contributed by atoms with Gasteiger partial charge in [-0.2, -0.15) is 13.2 Å². The molecule has 5 nitrogen and oxygen atoms in total. The maximum absolute atomic E-state index is 13.3. The van der Waals surface area contributed by atoms with Gasteiger partial charge in [0.2, 0.25) is 11.8 Å². The number of nitrogens with zero attached hydrogens (tertiary/aromatic N) is 2. The largest absolute Gasteiger partial charge is 0.480 e. The summed E-state index contributed by atoms with van der Waals surface area (Å²) in [4.78, 5) is 18.9. The molecular weight excluding hydrogens is 407 g/mol. The third-order valence-electron chi connectivity index (χ3n) is 4.83. The Labute approximate surface area is 178 Å². The minimum atomic E-state index is -4.40. The van der Waals surface area contributed by atoms with Crippen LogP contribution in [-0.2, 0) is 17.4 Å². The molecule has 0 radical (unpaired) electrons. The number of carbonyl (C=O) groups excluding carboxylic acids is 1. The molecule has 2 N–H and O–H groups in total. The normalized spacial score (nSPS) is 12.3. The zero-order valence-electron chi connectivity index (χ0n) is 16.8. The van der Waals surface area contributed by atoms with Crippen molar-refractivity contribution < 1.29 is 22.7 Å². The second-order valence-electron chi connectivity index (χ2n) is 6.85. The molecule has 0 spiro atoms. The summed E-state index contributed by atoms with van der Waals surface area (Å²) in [5.41, 5.74) is 7.25. The SMILES string of the molecule is COc1ncccc1N(CCc1ccc(C(F)(F)F)cc1)C(=O)[C@@H](N)c1ccccc1. The lowest BCUT2D eigenvalue weighted by Gasteiger charge is -2.27. The van der Waals surface area contributed by atoms with Gasteiger partial charge in [-0.15, -0.1) is 0 Å². The van der Waals surface area contributed by atoms with Gasteiger partial charge in [-0.25, -0.2) is 4.98 Å². The Kier molecular flexibility index (Phi) is 6.91. The van der Waals surface area contributed by atoms with Crippen LogP contribution < -0.4 is 15.4 Å². The standard InChI is InChI=1S/C23H22F3N3O2/c1-31-21-19(8-5-14-28-21)29(22(30)20(27)17-6-3-2-4-7-17)15-13-16-9-11-18(12-10-16)23(24,25)26/h2-12,14,20H,13,15,27H2,1H3/t20-/m0/s1. The molecule has 162 valence electrons. The first kappa shape index (κ1) is 22.3. The Bertz CT molecular complexity index is 1010. The highest BCUT2D eigenvalue weighted by Crippen LogP contribution is 2.30. The van der Waals surface area contributed by atoms with Crippen molar-refractivity contribution in [3.8, 4) is 5.88 Å². The predicted octanol–water partition coefficient (Wildman–Crippen LogP) is 4.38. The molecule has 0 aliphatic rings. The Hall–Kier alpha value is -3.39. The molecule has 1 amide bonds. The number of halogens is 3. The van der Waals surface area contributed by atoms with Crippen molar-refractivity contribution in [1.82, 2.24) is 4.98 Å². The highest BCUT2D eigenvalue weighted by Gasteiger charge is 2.30. The fourth-order valence-electron chi connectivity index (χ4n) is 3.17. The maximum atomic E-state index is 13.3. The number of benzene rings is 2. The van der Waals surface area contributed by atoms with Gasteiger partial charge in [0.05, 0.1) is 12.7 Å². The lowest BCUT2D eigenvalue weighted by Crippen LogP contribution is -2.40. The lowest BCUT2D eigenvalue weighted by molar-refractivity contribution is -0.137. The average molecular weight is 429 g/mol. The van der Waals surface area contributed by atoms with Gasteiger partial charge in [0.15, 0.2) is 0 Å². The zero-order chi connectivity index (χ0) is 22.4. The van der Waals surface area contributed by atoms with Gasteiger partial charge in [-0.1, -0.05) is 42.5 Å². The van der Waals surface area contributed by atoms with Crippen LogP contribution in [0.15, 0.2) is 72.9 Å². The van der Waals surface area contributed by atoms with Gasteiger partial charge in [0, 0.05) is 12.7 Å². The summed E-state index contributed by atoms with van der Waals surface area (Å²) in [6.07, 6.45) is -2.53. The number of ether oxygens (including phenoxy) is 1. The number of anilines is 1. The number of aromatic nitrogens is 1. The monoisotopic (exact) mass is 429 g/mol. The number of nitrogens with two attached hydrogens (primary N) is 1. The minimum Gasteiger partial charge on any atom is -0.480 e. The lowest BCUT2D eigenvalue weighted by atomic mass is 10.0. The predicted molar refractivity (Wildman–Crippen MR) is 112 cm³/mol. The van der Waals surface area contributed by atoms with E-state index in [2.05, 4.69) is 4.98 Å². The first-order valence-electron chi connectivity index (χ1n) is 9.58. The Morgan fingerprint density at radius 2 is 1.74 bits per heavy atom. The van der Waals surface area contributed by atoms with Gasteiger partial charge < -0.3 is 15.4 Å². The molecular formula is C23H22F3N3O2. The second kappa shape index (κ2) is 9.61. The van der Waals surface area contributed by atoms with E-state index in [0.717, 1.165) is 12.1 Å². The van der Waals surface area contributed by atoms with Crippen LogP contribution in [0.2, 0.25) is 0 Å². The molecule has 1 heterocycles. The molecule has 0 aliphatic carbocycles. The van der Waals surface area contributed by atoms with Crippen LogP contribution in [0.4, 0.5) is 18.9 Å². The van der Waals surface area contributed by atoms with Gasteiger partial charge in [-0.3, -0.25) is 4.79 Å². The molecule has 0 saturated carbocycles. The van der Waals surface area contributed by atoms with Crippen LogP contribution in [0.5, 0.6) is 5.88 Å². The molecule has 8 heteroatoms. The van der Waals surface area contributed by atoms with Crippen LogP contribution in [0, 0.1) is 0 Å². The molecule has 0 fully saturated rings. The summed E-state index contributed by atoms with van der Waals surface area (Å²) in [7, 11) is 1.45.